The number of halogens is 1. The predicted octanol–water partition coefficient (Wildman–Crippen LogP) is 3.12. The van der Waals surface area contributed by atoms with Crippen molar-refractivity contribution in [2.45, 2.75) is 12.8 Å². The number of hydrogen-bond donors (Lipinski definition) is 0. The molecule has 2 heterocycles. The van der Waals surface area contributed by atoms with Crippen LogP contribution in [0.1, 0.15) is 22.5 Å². The Hall–Kier alpha value is -0.190. The Bertz CT molecular complexity index is 329. The number of thiophene rings is 1. The van der Waals surface area contributed by atoms with Gasteiger partial charge in [0, 0.05) is 19.1 Å². The largest absolute Gasteiger partial charge is 0.381 e. The van der Waals surface area contributed by atoms with E-state index in [1.54, 1.807) is 0 Å². The minimum atomic E-state index is 0.175. The lowest BCUT2D eigenvalue weighted by Gasteiger charge is -2.19. The van der Waals surface area contributed by atoms with Gasteiger partial charge in [-0.05, 0) is 40.9 Å². The van der Waals surface area contributed by atoms with Crippen LogP contribution in [0, 0.1) is 5.92 Å². The zero-order valence-electron chi connectivity index (χ0n) is 7.66. The Morgan fingerprint density at radius 2 is 2.14 bits per heavy atom. The molecule has 0 aliphatic carbocycles. The Morgan fingerprint density at radius 1 is 1.43 bits per heavy atom. The molecule has 0 aromatic carbocycles. The summed E-state index contributed by atoms with van der Waals surface area (Å²) in [6, 6.07) is 3.82. The molecule has 0 amide bonds. The number of carbonyl (C=O) groups excluding carboxylic acids is 1. The zero-order chi connectivity index (χ0) is 9.97. The van der Waals surface area contributed by atoms with E-state index >= 15 is 0 Å². The second kappa shape index (κ2) is 4.55. The van der Waals surface area contributed by atoms with Crippen molar-refractivity contribution in [3.8, 4) is 0 Å². The fraction of sp³-hybridized carbons (Fsp3) is 0.500. The molecule has 1 fully saturated rings. The summed E-state index contributed by atoms with van der Waals surface area (Å²) in [5.41, 5.74) is 0. The Morgan fingerprint density at radius 3 is 2.71 bits per heavy atom. The van der Waals surface area contributed by atoms with E-state index in [0.717, 1.165) is 34.7 Å². The van der Waals surface area contributed by atoms with Crippen molar-refractivity contribution in [2.75, 3.05) is 13.2 Å². The normalized spacial score (nSPS) is 18.4. The summed E-state index contributed by atoms with van der Waals surface area (Å²) < 4.78 is 6.25. The van der Waals surface area contributed by atoms with Gasteiger partial charge in [-0.15, -0.1) is 11.3 Å². The summed E-state index contributed by atoms with van der Waals surface area (Å²) >= 11 is 4.88. The number of carbonyl (C=O) groups is 1. The van der Waals surface area contributed by atoms with E-state index in [1.807, 2.05) is 12.1 Å². The van der Waals surface area contributed by atoms with Gasteiger partial charge < -0.3 is 4.74 Å². The van der Waals surface area contributed by atoms with E-state index in [0.29, 0.717) is 0 Å². The van der Waals surface area contributed by atoms with Crippen LogP contribution in [0.5, 0.6) is 0 Å². The van der Waals surface area contributed by atoms with Crippen LogP contribution < -0.4 is 0 Å². The smallest absolute Gasteiger partial charge is 0.176 e. The molecule has 2 nitrogen and oxygen atoms in total. The van der Waals surface area contributed by atoms with Crippen molar-refractivity contribution in [3.63, 3.8) is 0 Å². The third-order valence-corrected chi connectivity index (χ3v) is 4.05. The Labute approximate surface area is 95.4 Å². The first-order chi connectivity index (χ1) is 6.77. The van der Waals surface area contributed by atoms with Crippen LogP contribution in [0.25, 0.3) is 0 Å². The van der Waals surface area contributed by atoms with Gasteiger partial charge in [-0.2, -0.15) is 0 Å². The number of ketones is 1. The average molecular weight is 275 g/mol. The van der Waals surface area contributed by atoms with E-state index in [9.17, 15) is 4.79 Å². The zero-order valence-corrected chi connectivity index (χ0v) is 10.1. The molecule has 0 unspecified atom stereocenters. The molecule has 1 aliphatic heterocycles. The lowest BCUT2D eigenvalue weighted by Crippen LogP contribution is -2.22. The van der Waals surface area contributed by atoms with Crippen molar-refractivity contribution in [3.05, 3.63) is 20.8 Å². The van der Waals surface area contributed by atoms with E-state index in [-0.39, 0.29) is 11.7 Å². The van der Waals surface area contributed by atoms with E-state index < -0.39 is 0 Å². The molecule has 4 heteroatoms. The van der Waals surface area contributed by atoms with Gasteiger partial charge in [0.05, 0.1) is 8.66 Å². The van der Waals surface area contributed by atoms with Gasteiger partial charge >= 0.3 is 0 Å². The quantitative estimate of drug-likeness (QED) is 0.775. The molecule has 0 spiro atoms. The molecule has 0 N–H and O–H groups in total. The summed E-state index contributed by atoms with van der Waals surface area (Å²) in [4.78, 5) is 12.8. The van der Waals surface area contributed by atoms with Gasteiger partial charge in [-0.25, -0.2) is 0 Å². The van der Waals surface area contributed by atoms with Crippen LogP contribution in [-0.2, 0) is 4.74 Å². The lowest BCUT2D eigenvalue weighted by atomic mass is 9.94. The Kier molecular flexibility index (Phi) is 3.36. The maximum Gasteiger partial charge on any atom is 0.176 e. The fourth-order valence-electron chi connectivity index (χ4n) is 1.61. The highest BCUT2D eigenvalue weighted by atomic mass is 79.9. The van der Waals surface area contributed by atoms with Gasteiger partial charge in [-0.3, -0.25) is 4.79 Å². The van der Waals surface area contributed by atoms with Crippen LogP contribution in [-0.4, -0.2) is 19.0 Å². The fourth-order valence-corrected chi connectivity index (χ4v) is 3.01. The van der Waals surface area contributed by atoms with E-state index in [1.165, 1.54) is 11.3 Å². The van der Waals surface area contributed by atoms with Gasteiger partial charge in [0.25, 0.3) is 0 Å². The summed E-state index contributed by atoms with van der Waals surface area (Å²) in [6.45, 7) is 1.45. The highest BCUT2D eigenvalue weighted by Crippen LogP contribution is 2.27. The molecule has 1 aromatic heterocycles. The highest BCUT2D eigenvalue weighted by Gasteiger charge is 2.23. The topological polar surface area (TPSA) is 26.3 Å². The van der Waals surface area contributed by atoms with Crippen LogP contribution in [0.3, 0.4) is 0 Å². The molecule has 2 rings (SSSR count). The first-order valence-corrected chi connectivity index (χ1v) is 6.25. The van der Waals surface area contributed by atoms with Crippen LogP contribution in [0.15, 0.2) is 15.9 Å². The van der Waals surface area contributed by atoms with Gasteiger partial charge in [0.2, 0.25) is 0 Å². The number of ether oxygens (including phenoxy) is 1. The molecule has 1 aromatic rings. The predicted molar refractivity (Wildman–Crippen MR) is 59.9 cm³/mol. The number of hydrogen-bond acceptors (Lipinski definition) is 3. The standard InChI is InChI=1S/C10H11BrO2S/c11-9-2-1-8(14-9)10(12)7-3-5-13-6-4-7/h1-2,7H,3-6H2. The first-order valence-electron chi connectivity index (χ1n) is 4.64. The van der Waals surface area contributed by atoms with E-state index in [4.69, 9.17) is 4.74 Å². The minimum absolute atomic E-state index is 0.175. The van der Waals surface area contributed by atoms with Crippen molar-refractivity contribution < 1.29 is 9.53 Å². The molecule has 0 bridgehead atoms. The second-order valence-electron chi connectivity index (χ2n) is 3.35. The number of rotatable bonds is 2. The Balaban J connectivity index is 2.07. The minimum Gasteiger partial charge on any atom is -0.381 e. The average Bonchev–Trinajstić information content (AvgIpc) is 2.65. The molecular weight excluding hydrogens is 264 g/mol. The summed E-state index contributed by atoms with van der Waals surface area (Å²) in [5, 5.41) is 0. The lowest BCUT2D eigenvalue weighted by molar-refractivity contribution is 0.0547. The monoisotopic (exact) mass is 274 g/mol. The SMILES string of the molecule is O=C(c1ccc(Br)s1)C1CCOCC1. The molecule has 0 saturated carbocycles. The summed E-state index contributed by atoms with van der Waals surface area (Å²) in [5.74, 6) is 0.457. The van der Waals surface area contributed by atoms with Gasteiger partial charge in [-0.1, -0.05) is 0 Å². The second-order valence-corrected chi connectivity index (χ2v) is 5.82. The van der Waals surface area contributed by atoms with Gasteiger partial charge in [0.1, 0.15) is 0 Å². The van der Waals surface area contributed by atoms with E-state index in [2.05, 4.69) is 15.9 Å². The van der Waals surface area contributed by atoms with Crippen molar-refractivity contribution in [2.24, 2.45) is 5.92 Å². The molecule has 1 saturated heterocycles. The molecular formula is C10H11BrO2S. The maximum atomic E-state index is 11.9. The van der Waals surface area contributed by atoms with Gasteiger partial charge in [0.15, 0.2) is 5.78 Å². The molecule has 0 atom stereocenters. The molecule has 76 valence electrons. The summed E-state index contributed by atoms with van der Waals surface area (Å²) in [7, 11) is 0. The first kappa shape index (κ1) is 10.3. The van der Waals surface area contributed by atoms with Crippen LogP contribution >= 0.6 is 27.3 Å². The number of Topliss-reactive ketones (excluding diaryl/α,β-unsaturated/α-hetero) is 1. The van der Waals surface area contributed by atoms with Crippen molar-refractivity contribution in [1.82, 2.24) is 0 Å². The van der Waals surface area contributed by atoms with Crippen molar-refractivity contribution >= 4 is 33.0 Å². The molecule has 14 heavy (non-hydrogen) atoms. The molecule has 0 radical (unpaired) electrons. The third kappa shape index (κ3) is 2.24. The maximum absolute atomic E-state index is 11.9. The molecule has 1 aliphatic rings. The van der Waals surface area contributed by atoms with Crippen LogP contribution in [0.4, 0.5) is 0 Å². The van der Waals surface area contributed by atoms with Crippen LogP contribution in [0.2, 0.25) is 0 Å². The van der Waals surface area contributed by atoms with Crippen molar-refractivity contribution in [1.29, 1.82) is 0 Å². The highest BCUT2D eigenvalue weighted by molar-refractivity contribution is 9.11. The third-order valence-electron chi connectivity index (χ3n) is 2.41. The summed E-state index contributed by atoms with van der Waals surface area (Å²) in [6.07, 6.45) is 1.74.